The standard InChI is InChI=1S/C14H21NO/c1-15-13(14-9-5-6-10-16-14)11-12-7-3-2-4-8-12/h2-4,7-8,13-15H,5-6,9-11H2,1H3. The van der Waals surface area contributed by atoms with E-state index >= 15 is 0 Å². The first-order valence-electron chi connectivity index (χ1n) is 6.23. The Balaban J connectivity index is 1.94. The quantitative estimate of drug-likeness (QED) is 0.839. The summed E-state index contributed by atoms with van der Waals surface area (Å²) in [5.74, 6) is 0. The van der Waals surface area contributed by atoms with Crippen LogP contribution in [0.15, 0.2) is 30.3 Å². The van der Waals surface area contributed by atoms with Gasteiger partial charge in [0.1, 0.15) is 0 Å². The van der Waals surface area contributed by atoms with Crippen LogP contribution in [0.4, 0.5) is 0 Å². The molecule has 1 saturated heterocycles. The zero-order chi connectivity index (χ0) is 11.2. The van der Waals surface area contributed by atoms with Gasteiger partial charge in [0.05, 0.1) is 6.10 Å². The maximum atomic E-state index is 5.84. The van der Waals surface area contributed by atoms with Crippen molar-refractivity contribution in [3.63, 3.8) is 0 Å². The van der Waals surface area contributed by atoms with Crippen LogP contribution in [0.1, 0.15) is 24.8 Å². The average Bonchev–Trinajstić information content (AvgIpc) is 2.38. The third-order valence-corrected chi connectivity index (χ3v) is 3.33. The van der Waals surface area contributed by atoms with E-state index < -0.39 is 0 Å². The molecule has 2 heteroatoms. The summed E-state index contributed by atoms with van der Waals surface area (Å²) in [5.41, 5.74) is 1.39. The van der Waals surface area contributed by atoms with Gasteiger partial charge in [0.15, 0.2) is 0 Å². The second-order valence-corrected chi connectivity index (χ2v) is 4.49. The summed E-state index contributed by atoms with van der Waals surface area (Å²) in [7, 11) is 2.03. The predicted octanol–water partition coefficient (Wildman–Crippen LogP) is 2.39. The van der Waals surface area contributed by atoms with Crippen LogP contribution in [0.25, 0.3) is 0 Å². The fraction of sp³-hybridized carbons (Fsp3) is 0.571. The Morgan fingerprint density at radius 1 is 1.31 bits per heavy atom. The van der Waals surface area contributed by atoms with Crippen molar-refractivity contribution in [2.24, 2.45) is 0 Å². The molecule has 2 atom stereocenters. The van der Waals surface area contributed by atoms with Gasteiger partial charge < -0.3 is 10.1 Å². The zero-order valence-corrected chi connectivity index (χ0v) is 9.99. The average molecular weight is 219 g/mol. The lowest BCUT2D eigenvalue weighted by molar-refractivity contribution is -0.00587. The van der Waals surface area contributed by atoms with E-state index in [1.807, 2.05) is 7.05 Å². The number of rotatable bonds is 4. The molecule has 2 unspecified atom stereocenters. The van der Waals surface area contributed by atoms with Gasteiger partial charge in [-0.3, -0.25) is 0 Å². The molecule has 1 aliphatic heterocycles. The molecule has 0 aliphatic carbocycles. The molecule has 1 N–H and O–H groups in total. The molecule has 1 aromatic carbocycles. The molecule has 0 spiro atoms. The van der Waals surface area contributed by atoms with Gasteiger partial charge in [0, 0.05) is 12.6 Å². The van der Waals surface area contributed by atoms with Crippen molar-refractivity contribution >= 4 is 0 Å². The van der Waals surface area contributed by atoms with E-state index in [0.717, 1.165) is 13.0 Å². The lowest BCUT2D eigenvalue weighted by atomic mass is 9.96. The van der Waals surface area contributed by atoms with Crippen LogP contribution in [0, 0.1) is 0 Å². The number of benzene rings is 1. The van der Waals surface area contributed by atoms with E-state index in [1.54, 1.807) is 0 Å². The Bertz CT molecular complexity index is 293. The summed E-state index contributed by atoms with van der Waals surface area (Å²) in [6.07, 6.45) is 5.16. The molecule has 0 amide bonds. The molecule has 16 heavy (non-hydrogen) atoms. The second kappa shape index (κ2) is 6.02. The SMILES string of the molecule is CNC(Cc1ccccc1)C1CCCCO1. The van der Waals surface area contributed by atoms with Gasteiger partial charge >= 0.3 is 0 Å². The Morgan fingerprint density at radius 3 is 2.75 bits per heavy atom. The largest absolute Gasteiger partial charge is 0.377 e. The smallest absolute Gasteiger partial charge is 0.0731 e. The van der Waals surface area contributed by atoms with Gasteiger partial charge in [-0.15, -0.1) is 0 Å². The van der Waals surface area contributed by atoms with Crippen LogP contribution in [0.2, 0.25) is 0 Å². The number of hydrogen-bond donors (Lipinski definition) is 1. The molecule has 1 aromatic rings. The number of hydrogen-bond acceptors (Lipinski definition) is 2. The minimum absolute atomic E-state index is 0.388. The Hall–Kier alpha value is -0.860. The highest BCUT2D eigenvalue weighted by molar-refractivity contribution is 5.16. The fourth-order valence-electron chi connectivity index (χ4n) is 2.37. The predicted molar refractivity (Wildman–Crippen MR) is 66.6 cm³/mol. The summed E-state index contributed by atoms with van der Waals surface area (Å²) in [6, 6.07) is 11.1. The first-order valence-corrected chi connectivity index (χ1v) is 6.23. The molecule has 0 bridgehead atoms. The molecular formula is C14H21NO. The molecule has 0 saturated carbocycles. The van der Waals surface area contributed by atoms with Crippen molar-refractivity contribution in [2.45, 2.75) is 37.8 Å². The minimum Gasteiger partial charge on any atom is -0.377 e. The topological polar surface area (TPSA) is 21.3 Å². The highest BCUT2D eigenvalue weighted by atomic mass is 16.5. The minimum atomic E-state index is 0.388. The summed E-state index contributed by atoms with van der Waals surface area (Å²) in [6.45, 7) is 0.928. The highest BCUT2D eigenvalue weighted by Crippen LogP contribution is 2.18. The van der Waals surface area contributed by atoms with Crippen molar-refractivity contribution in [1.29, 1.82) is 0 Å². The molecule has 0 radical (unpaired) electrons. The summed E-state index contributed by atoms with van der Waals surface area (Å²) >= 11 is 0. The number of likely N-dealkylation sites (N-methyl/N-ethyl adjacent to an activating group) is 1. The van der Waals surface area contributed by atoms with Gasteiger partial charge in [0.25, 0.3) is 0 Å². The Kier molecular flexibility index (Phi) is 4.37. The van der Waals surface area contributed by atoms with E-state index in [9.17, 15) is 0 Å². The third-order valence-electron chi connectivity index (χ3n) is 3.33. The maximum absolute atomic E-state index is 5.84. The van der Waals surface area contributed by atoms with Crippen LogP contribution >= 0.6 is 0 Å². The third kappa shape index (κ3) is 3.06. The molecule has 1 aliphatic rings. The molecule has 2 nitrogen and oxygen atoms in total. The monoisotopic (exact) mass is 219 g/mol. The summed E-state index contributed by atoms with van der Waals surface area (Å²) in [4.78, 5) is 0. The number of ether oxygens (including phenoxy) is 1. The molecule has 2 rings (SSSR count). The van der Waals surface area contributed by atoms with Crippen molar-refractivity contribution < 1.29 is 4.74 Å². The van der Waals surface area contributed by atoms with Crippen LogP contribution in [0.5, 0.6) is 0 Å². The lowest BCUT2D eigenvalue weighted by Gasteiger charge is -2.30. The molecule has 0 aromatic heterocycles. The van der Waals surface area contributed by atoms with Gasteiger partial charge in [0.2, 0.25) is 0 Å². The lowest BCUT2D eigenvalue weighted by Crippen LogP contribution is -2.42. The second-order valence-electron chi connectivity index (χ2n) is 4.49. The first-order chi connectivity index (χ1) is 7.90. The Morgan fingerprint density at radius 2 is 2.12 bits per heavy atom. The van der Waals surface area contributed by atoms with Gasteiger partial charge in [-0.25, -0.2) is 0 Å². The normalized spacial score (nSPS) is 22.9. The summed E-state index contributed by atoms with van der Waals surface area (Å²) in [5, 5.41) is 3.40. The van der Waals surface area contributed by atoms with Gasteiger partial charge in [-0.05, 0) is 38.3 Å². The number of nitrogens with one attached hydrogen (secondary N) is 1. The van der Waals surface area contributed by atoms with Gasteiger partial charge in [-0.1, -0.05) is 30.3 Å². The van der Waals surface area contributed by atoms with E-state index in [4.69, 9.17) is 4.74 Å². The van der Waals surface area contributed by atoms with Crippen LogP contribution in [-0.2, 0) is 11.2 Å². The molecule has 1 fully saturated rings. The van der Waals surface area contributed by atoms with Crippen LogP contribution in [0.3, 0.4) is 0 Å². The Labute approximate surface area is 98.0 Å². The first kappa shape index (κ1) is 11.6. The molecule has 1 heterocycles. The van der Waals surface area contributed by atoms with Crippen molar-refractivity contribution in [2.75, 3.05) is 13.7 Å². The van der Waals surface area contributed by atoms with Crippen LogP contribution in [-0.4, -0.2) is 25.8 Å². The maximum Gasteiger partial charge on any atom is 0.0731 e. The van der Waals surface area contributed by atoms with Gasteiger partial charge in [-0.2, -0.15) is 0 Å². The van der Waals surface area contributed by atoms with Crippen molar-refractivity contribution in [3.8, 4) is 0 Å². The summed E-state index contributed by atoms with van der Waals surface area (Å²) < 4.78 is 5.84. The zero-order valence-electron chi connectivity index (χ0n) is 9.99. The van der Waals surface area contributed by atoms with Crippen LogP contribution < -0.4 is 5.32 Å². The molecule has 88 valence electrons. The van der Waals surface area contributed by atoms with E-state index in [0.29, 0.717) is 12.1 Å². The van der Waals surface area contributed by atoms with E-state index in [1.165, 1.54) is 24.8 Å². The van der Waals surface area contributed by atoms with Crippen molar-refractivity contribution in [1.82, 2.24) is 5.32 Å². The highest BCUT2D eigenvalue weighted by Gasteiger charge is 2.23. The molecular weight excluding hydrogens is 198 g/mol. The van der Waals surface area contributed by atoms with E-state index in [-0.39, 0.29) is 0 Å². The fourth-order valence-corrected chi connectivity index (χ4v) is 2.37. The van der Waals surface area contributed by atoms with E-state index in [2.05, 4.69) is 35.6 Å². The van der Waals surface area contributed by atoms with Crippen molar-refractivity contribution in [3.05, 3.63) is 35.9 Å².